The highest BCUT2D eigenvalue weighted by molar-refractivity contribution is 6.02. The lowest BCUT2D eigenvalue weighted by Crippen LogP contribution is -2.53. The first-order chi connectivity index (χ1) is 16.2. The summed E-state index contributed by atoms with van der Waals surface area (Å²) in [4.78, 5) is 30.3. The van der Waals surface area contributed by atoms with Crippen molar-refractivity contribution in [2.75, 3.05) is 13.1 Å². The number of hydrogen-bond donors (Lipinski definition) is 0. The lowest BCUT2D eigenvalue weighted by molar-refractivity contribution is 0.0461. The fourth-order valence-corrected chi connectivity index (χ4v) is 5.92. The molecule has 3 heteroatoms. The molecule has 5 rings (SSSR count). The van der Waals surface area contributed by atoms with E-state index in [0.717, 1.165) is 42.6 Å². The number of ketones is 2. The van der Waals surface area contributed by atoms with E-state index in [2.05, 4.69) is 17.0 Å². The monoisotopic (exact) mass is 437 g/mol. The van der Waals surface area contributed by atoms with E-state index in [1.54, 1.807) is 0 Å². The normalized spacial score (nSPS) is 23.9. The summed E-state index contributed by atoms with van der Waals surface area (Å²) in [5.74, 6) is -0.330. The summed E-state index contributed by atoms with van der Waals surface area (Å²) in [6, 6.07) is 29.9. The van der Waals surface area contributed by atoms with Crippen molar-refractivity contribution >= 4 is 11.6 Å². The van der Waals surface area contributed by atoms with Gasteiger partial charge in [-0.1, -0.05) is 104 Å². The summed E-state index contributed by atoms with van der Waals surface area (Å²) in [6.45, 7) is 1.44. The Labute approximate surface area is 196 Å². The van der Waals surface area contributed by atoms with Gasteiger partial charge in [0.05, 0.1) is 0 Å². The number of benzene rings is 3. The molecule has 1 aliphatic carbocycles. The second kappa shape index (κ2) is 9.84. The number of likely N-dealkylation sites (tertiary alicyclic amines) is 1. The molecule has 0 N–H and O–H groups in total. The molecule has 1 saturated heterocycles. The molecule has 0 amide bonds. The van der Waals surface area contributed by atoms with Crippen LogP contribution in [0.2, 0.25) is 0 Å². The lowest BCUT2D eigenvalue weighted by Gasteiger charge is -2.45. The van der Waals surface area contributed by atoms with Crippen LogP contribution < -0.4 is 0 Å². The minimum atomic E-state index is -0.248. The number of rotatable bonds is 6. The van der Waals surface area contributed by atoms with Crippen molar-refractivity contribution in [2.24, 2.45) is 11.8 Å². The Bertz CT molecular complexity index is 1010. The molecular formula is C30H31NO2. The van der Waals surface area contributed by atoms with Crippen molar-refractivity contribution in [1.29, 1.82) is 0 Å². The van der Waals surface area contributed by atoms with E-state index in [1.807, 2.05) is 78.9 Å². The van der Waals surface area contributed by atoms with Crippen molar-refractivity contribution in [3.8, 4) is 0 Å². The summed E-state index contributed by atoms with van der Waals surface area (Å²) < 4.78 is 0. The Kier molecular flexibility index (Phi) is 6.50. The fourth-order valence-electron chi connectivity index (χ4n) is 5.92. The first-order valence-corrected chi connectivity index (χ1v) is 12.2. The Balaban J connectivity index is 1.58. The van der Waals surface area contributed by atoms with E-state index in [4.69, 9.17) is 0 Å². The topological polar surface area (TPSA) is 37.4 Å². The molecule has 0 bridgehead atoms. The van der Waals surface area contributed by atoms with Gasteiger partial charge in [-0.25, -0.2) is 0 Å². The average Bonchev–Trinajstić information content (AvgIpc) is 3.44. The molecule has 1 heterocycles. The van der Waals surface area contributed by atoms with E-state index in [-0.39, 0.29) is 29.3 Å². The molecule has 1 aliphatic heterocycles. The van der Waals surface area contributed by atoms with Gasteiger partial charge in [0, 0.05) is 48.0 Å². The molecule has 1 saturated carbocycles. The molecule has 33 heavy (non-hydrogen) atoms. The molecule has 168 valence electrons. The molecule has 0 spiro atoms. The maximum absolute atomic E-state index is 13.9. The standard InChI is InChI=1S/C30H31NO2/c32-29(23-14-6-2-7-15-23)26-20-31(25-18-10-11-19-25)21-27(28(26)22-12-4-1-5-13-22)30(33)24-16-8-3-9-17-24/h1-9,12-17,25-28H,10-11,18-21H2. The lowest BCUT2D eigenvalue weighted by atomic mass is 9.68. The van der Waals surface area contributed by atoms with Gasteiger partial charge in [0.2, 0.25) is 0 Å². The van der Waals surface area contributed by atoms with Crippen molar-refractivity contribution in [2.45, 2.75) is 37.6 Å². The highest BCUT2D eigenvalue weighted by atomic mass is 16.1. The molecule has 2 unspecified atom stereocenters. The average molecular weight is 438 g/mol. The maximum Gasteiger partial charge on any atom is 0.167 e. The summed E-state index contributed by atoms with van der Waals surface area (Å²) in [6.07, 6.45) is 4.79. The molecule has 3 aromatic rings. The first kappa shape index (κ1) is 21.8. The minimum absolute atomic E-state index is 0.135. The zero-order valence-corrected chi connectivity index (χ0v) is 19.0. The van der Waals surface area contributed by atoms with Crippen molar-refractivity contribution in [3.63, 3.8) is 0 Å². The number of piperidine rings is 1. The van der Waals surface area contributed by atoms with E-state index in [1.165, 1.54) is 12.8 Å². The van der Waals surface area contributed by atoms with Crippen LogP contribution in [0.15, 0.2) is 91.0 Å². The van der Waals surface area contributed by atoms with Gasteiger partial charge in [-0.15, -0.1) is 0 Å². The van der Waals surface area contributed by atoms with Crippen LogP contribution >= 0.6 is 0 Å². The maximum atomic E-state index is 13.9. The molecule has 2 fully saturated rings. The molecule has 2 aliphatic rings. The third kappa shape index (κ3) is 4.56. The predicted molar refractivity (Wildman–Crippen MR) is 132 cm³/mol. The number of carbonyl (C=O) groups is 2. The molecule has 3 nitrogen and oxygen atoms in total. The summed E-state index contributed by atoms with van der Waals surface area (Å²) in [5, 5.41) is 0. The van der Waals surface area contributed by atoms with E-state index in [0.29, 0.717) is 6.04 Å². The first-order valence-electron chi connectivity index (χ1n) is 12.2. The van der Waals surface area contributed by atoms with Gasteiger partial charge in [0.25, 0.3) is 0 Å². The van der Waals surface area contributed by atoms with Crippen LogP contribution in [0.1, 0.15) is 57.9 Å². The predicted octanol–water partition coefficient (Wildman–Crippen LogP) is 6.03. The van der Waals surface area contributed by atoms with Gasteiger partial charge >= 0.3 is 0 Å². The molecule has 2 atom stereocenters. The van der Waals surface area contributed by atoms with E-state index < -0.39 is 0 Å². The van der Waals surface area contributed by atoms with Gasteiger partial charge in [-0.05, 0) is 18.4 Å². The highest BCUT2D eigenvalue weighted by Gasteiger charge is 2.46. The zero-order chi connectivity index (χ0) is 22.6. The van der Waals surface area contributed by atoms with E-state index in [9.17, 15) is 9.59 Å². The largest absolute Gasteiger partial charge is 0.299 e. The Hall–Kier alpha value is -3.04. The van der Waals surface area contributed by atoms with Crippen LogP contribution in [0.25, 0.3) is 0 Å². The number of carbonyl (C=O) groups excluding carboxylic acids is 2. The summed E-state index contributed by atoms with van der Waals surface area (Å²) in [7, 11) is 0. The van der Waals surface area contributed by atoms with Crippen LogP contribution in [-0.2, 0) is 0 Å². The molecule has 0 radical (unpaired) electrons. The van der Waals surface area contributed by atoms with Crippen molar-refractivity contribution in [3.05, 3.63) is 108 Å². The number of nitrogens with zero attached hydrogens (tertiary/aromatic N) is 1. The third-order valence-electron chi connectivity index (χ3n) is 7.55. The quantitative estimate of drug-likeness (QED) is 0.442. The zero-order valence-electron chi connectivity index (χ0n) is 19.0. The minimum Gasteiger partial charge on any atom is -0.299 e. The third-order valence-corrected chi connectivity index (χ3v) is 7.55. The summed E-state index contributed by atoms with van der Waals surface area (Å²) >= 11 is 0. The van der Waals surface area contributed by atoms with Crippen LogP contribution in [0.5, 0.6) is 0 Å². The van der Waals surface area contributed by atoms with Crippen molar-refractivity contribution < 1.29 is 9.59 Å². The Morgan fingerprint density at radius 3 is 1.48 bits per heavy atom. The SMILES string of the molecule is O=C(c1ccccc1)C1CN(C2CCCC2)CC(C(=O)c2ccccc2)C1c1ccccc1. The van der Waals surface area contributed by atoms with Gasteiger partial charge in [-0.2, -0.15) is 0 Å². The van der Waals surface area contributed by atoms with Gasteiger partial charge in [0.15, 0.2) is 11.6 Å². The Morgan fingerprint density at radius 2 is 1.03 bits per heavy atom. The second-order valence-corrected chi connectivity index (χ2v) is 9.50. The van der Waals surface area contributed by atoms with E-state index >= 15 is 0 Å². The highest BCUT2D eigenvalue weighted by Crippen LogP contribution is 2.42. The molecule has 3 aromatic carbocycles. The molecule has 0 aromatic heterocycles. The second-order valence-electron chi connectivity index (χ2n) is 9.50. The fraction of sp³-hybridized carbons (Fsp3) is 0.333. The van der Waals surface area contributed by atoms with Crippen molar-refractivity contribution in [1.82, 2.24) is 4.90 Å². The number of hydrogen-bond acceptors (Lipinski definition) is 3. The van der Waals surface area contributed by atoms with Gasteiger partial charge in [-0.3, -0.25) is 14.5 Å². The van der Waals surface area contributed by atoms with Gasteiger partial charge < -0.3 is 0 Å². The van der Waals surface area contributed by atoms with Crippen LogP contribution in [0.3, 0.4) is 0 Å². The smallest absolute Gasteiger partial charge is 0.167 e. The summed E-state index contributed by atoms with van der Waals surface area (Å²) in [5.41, 5.74) is 2.57. The van der Waals surface area contributed by atoms with Crippen LogP contribution in [-0.4, -0.2) is 35.6 Å². The molecular weight excluding hydrogens is 406 g/mol. The van der Waals surface area contributed by atoms with Crippen LogP contribution in [0.4, 0.5) is 0 Å². The van der Waals surface area contributed by atoms with Gasteiger partial charge in [0.1, 0.15) is 0 Å². The van der Waals surface area contributed by atoms with Crippen LogP contribution in [0, 0.1) is 11.8 Å². The Morgan fingerprint density at radius 1 is 0.606 bits per heavy atom. The number of Topliss-reactive ketones (excluding diaryl/α,β-unsaturated/α-hetero) is 2.